The van der Waals surface area contributed by atoms with Gasteiger partial charge < -0.3 is 14.8 Å². The Hall–Kier alpha value is -2.28. The number of hydrogen-bond acceptors (Lipinski definition) is 6. The third-order valence-electron chi connectivity index (χ3n) is 4.54. The SMILES string of the molecule is COc1ccc(C(=O)Nc2ccccc2SCC(F)(F)F)cc1S(=O)(=O)N1CCOCC1. The molecule has 0 atom stereocenters. The maximum atomic E-state index is 13.1. The number of morpholine rings is 1. The number of sulfonamides is 1. The molecule has 1 aliphatic rings. The lowest BCUT2D eigenvalue weighted by molar-refractivity contribution is -0.105. The third kappa shape index (κ3) is 5.94. The van der Waals surface area contributed by atoms with E-state index in [1.165, 1.54) is 41.7 Å². The molecule has 12 heteroatoms. The lowest BCUT2D eigenvalue weighted by Gasteiger charge is -2.26. The van der Waals surface area contributed by atoms with Crippen LogP contribution < -0.4 is 10.1 Å². The van der Waals surface area contributed by atoms with E-state index in [1.807, 2.05) is 0 Å². The number of ether oxygens (including phenoxy) is 2. The van der Waals surface area contributed by atoms with Crippen LogP contribution in [0.4, 0.5) is 18.9 Å². The van der Waals surface area contributed by atoms with Gasteiger partial charge in [0.05, 0.1) is 31.8 Å². The first-order valence-electron chi connectivity index (χ1n) is 9.48. The molecule has 0 aromatic heterocycles. The third-order valence-corrected chi connectivity index (χ3v) is 7.60. The number of thioether (sulfide) groups is 1. The monoisotopic (exact) mass is 490 g/mol. The number of nitrogens with zero attached hydrogens (tertiary/aromatic N) is 1. The summed E-state index contributed by atoms with van der Waals surface area (Å²) in [5.41, 5.74) is 0.216. The molecule has 3 rings (SSSR count). The number of amides is 1. The van der Waals surface area contributed by atoms with Gasteiger partial charge in [-0.3, -0.25) is 4.79 Å². The van der Waals surface area contributed by atoms with Crippen LogP contribution in [0.5, 0.6) is 5.75 Å². The van der Waals surface area contributed by atoms with Gasteiger partial charge in [0.1, 0.15) is 10.6 Å². The summed E-state index contributed by atoms with van der Waals surface area (Å²) in [7, 11) is -2.63. The smallest absolute Gasteiger partial charge is 0.398 e. The molecule has 0 saturated carbocycles. The minimum absolute atomic E-state index is 0.0215. The molecule has 1 aliphatic heterocycles. The summed E-state index contributed by atoms with van der Waals surface area (Å²) in [6.45, 7) is 0.861. The first kappa shape index (κ1) is 24.4. The molecule has 0 unspecified atom stereocenters. The molecule has 0 spiro atoms. The maximum Gasteiger partial charge on any atom is 0.398 e. The van der Waals surface area contributed by atoms with Gasteiger partial charge in [0.25, 0.3) is 5.91 Å². The Bertz CT molecular complexity index is 1070. The second kappa shape index (κ2) is 10.1. The van der Waals surface area contributed by atoms with Crippen LogP contribution in [0.15, 0.2) is 52.3 Å². The van der Waals surface area contributed by atoms with Gasteiger partial charge in [0.2, 0.25) is 10.0 Å². The van der Waals surface area contributed by atoms with E-state index in [0.29, 0.717) is 11.8 Å². The summed E-state index contributed by atoms with van der Waals surface area (Å²) in [4.78, 5) is 12.9. The van der Waals surface area contributed by atoms with Gasteiger partial charge in [0.15, 0.2) is 0 Å². The first-order chi connectivity index (χ1) is 15.1. The fourth-order valence-electron chi connectivity index (χ4n) is 3.00. The van der Waals surface area contributed by atoms with E-state index in [4.69, 9.17) is 9.47 Å². The van der Waals surface area contributed by atoms with Crippen molar-refractivity contribution in [2.45, 2.75) is 16.0 Å². The number of benzene rings is 2. The molecule has 7 nitrogen and oxygen atoms in total. The average molecular weight is 491 g/mol. The molecule has 1 saturated heterocycles. The quantitative estimate of drug-likeness (QED) is 0.597. The summed E-state index contributed by atoms with van der Waals surface area (Å²) in [5.74, 6) is -1.69. The van der Waals surface area contributed by atoms with E-state index >= 15 is 0 Å². The number of carbonyl (C=O) groups is 1. The van der Waals surface area contributed by atoms with Gasteiger partial charge >= 0.3 is 6.18 Å². The lowest BCUT2D eigenvalue weighted by atomic mass is 10.2. The minimum Gasteiger partial charge on any atom is -0.495 e. The van der Waals surface area contributed by atoms with E-state index in [-0.39, 0.29) is 53.1 Å². The number of alkyl halides is 3. The van der Waals surface area contributed by atoms with Crippen molar-refractivity contribution in [3.05, 3.63) is 48.0 Å². The molecule has 1 fully saturated rings. The van der Waals surface area contributed by atoms with Crippen LogP contribution in [-0.4, -0.2) is 64.0 Å². The highest BCUT2D eigenvalue weighted by molar-refractivity contribution is 7.99. The summed E-state index contributed by atoms with van der Waals surface area (Å²) < 4.78 is 75.6. The Morgan fingerprint density at radius 1 is 1.19 bits per heavy atom. The number of para-hydroxylation sites is 1. The standard InChI is InChI=1S/C20H21F3N2O5S2/c1-29-16-7-6-14(12-18(16)32(27,28)25-8-10-30-11-9-25)19(26)24-15-4-2-3-5-17(15)31-13-20(21,22)23/h2-7,12H,8-11,13H2,1H3,(H,24,26). The Labute approximate surface area is 187 Å². The summed E-state index contributed by atoms with van der Waals surface area (Å²) in [6.07, 6.45) is -4.36. The Morgan fingerprint density at radius 2 is 1.88 bits per heavy atom. The van der Waals surface area contributed by atoms with Gasteiger partial charge in [-0.05, 0) is 30.3 Å². The van der Waals surface area contributed by atoms with Crippen LogP contribution in [0.25, 0.3) is 0 Å². The van der Waals surface area contributed by atoms with Gasteiger partial charge in [-0.2, -0.15) is 17.5 Å². The largest absolute Gasteiger partial charge is 0.495 e. The number of nitrogens with one attached hydrogen (secondary N) is 1. The van der Waals surface area contributed by atoms with Crippen molar-refractivity contribution in [2.75, 3.05) is 44.5 Å². The van der Waals surface area contributed by atoms with E-state index in [9.17, 15) is 26.4 Å². The molecule has 1 heterocycles. The topological polar surface area (TPSA) is 84.9 Å². The van der Waals surface area contributed by atoms with E-state index in [0.717, 1.165) is 0 Å². The molecule has 174 valence electrons. The Morgan fingerprint density at radius 3 is 2.53 bits per heavy atom. The highest BCUT2D eigenvalue weighted by Crippen LogP contribution is 2.33. The van der Waals surface area contributed by atoms with Gasteiger partial charge in [-0.15, -0.1) is 11.8 Å². The lowest BCUT2D eigenvalue weighted by Crippen LogP contribution is -2.40. The van der Waals surface area contributed by atoms with Crippen LogP contribution in [0.2, 0.25) is 0 Å². The van der Waals surface area contributed by atoms with Crippen molar-refractivity contribution in [3.8, 4) is 5.75 Å². The summed E-state index contributed by atoms with van der Waals surface area (Å²) >= 11 is 0.549. The molecule has 0 bridgehead atoms. The molecule has 32 heavy (non-hydrogen) atoms. The predicted molar refractivity (Wildman–Crippen MR) is 114 cm³/mol. The van der Waals surface area contributed by atoms with Crippen LogP contribution in [-0.2, 0) is 14.8 Å². The molecular formula is C20H21F3N2O5S2. The molecule has 2 aromatic rings. The summed E-state index contributed by atoms with van der Waals surface area (Å²) in [5, 5.41) is 2.56. The van der Waals surface area contributed by atoms with Crippen LogP contribution in [0.3, 0.4) is 0 Å². The number of methoxy groups -OCH3 is 1. The number of rotatable bonds is 7. The molecular weight excluding hydrogens is 469 g/mol. The normalized spacial score (nSPS) is 15.4. The second-order valence-corrected chi connectivity index (χ2v) is 9.66. The highest BCUT2D eigenvalue weighted by Gasteiger charge is 2.30. The van der Waals surface area contributed by atoms with Crippen molar-refractivity contribution in [3.63, 3.8) is 0 Å². The molecule has 1 amide bonds. The molecule has 1 N–H and O–H groups in total. The number of anilines is 1. The number of hydrogen-bond donors (Lipinski definition) is 1. The van der Waals surface area contributed by atoms with E-state index < -0.39 is 27.9 Å². The van der Waals surface area contributed by atoms with Crippen LogP contribution in [0, 0.1) is 0 Å². The Kier molecular flexibility index (Phi) is 7.70. The highest BCUT2D eigenvalue weighted by atomic mass is 32.2. The predicted octanol–water partition coefficient (Wildman–Crippen LogP) is 3.62. The minimum atomic E-state index is -4.36. The fourth-order valence-corrected chi connectivity index (χ4v) is 5.35. The van der Waals surface area contributed by atoms with Crippen LogP contribution >= 0.6 is 11.8 Å². The van der Waals surface area contributed by atoms with Crippen LogP contribution in [0.1, 0.15) is 10.4 Å². The fraction of sp³-hybridized carbons (Fsp3) is 0.350. The molecule has 0 aliphatic carbocycles. The van der Waals surface area contributed by atoms with Crippen molar-refractivity contribution < 1.29 is 35.9 Å². The average Bonchev–Trinajstić information content (AvgIpc) is 2.78. The van der Waals surface area contributed by atoms with Gasteiger partial charge in [0, 0.05) is 23.5 Å². The van der Waals surface area contributed by atoms with E-state index in [2.05, 4.69) is 5.32 Å². The van der Waals surface area contributed by atoms with Gasteiger partial charge in [-0.25, -0.2) is 8.42 Å². The maximum absolute atomic E-state index is 13.1. The Balaban J connectivity index is 1.86. The molecule has 0 radical (unpaired) electrons. The van der Waals surface area contributed by atoms with Crippen molar-refractivity contribution in [2.24, 2.45) is 0 Å². The molecule has 2 aromatic carbocycles. The zero-order valence-electron chi connectivity index (χ0n) is 17.0. The van der Waals surface area contributed by atoms with E-state index in [1.54, 1.807) is 12.1 Å². The zero-order valence-corrected chi connectivity index (χ0v) is 18.6. The van der Waals surface area contributed by atoms with Crippen molar-refractivity contribution in [1.29, 1.82) is 0 Å². The summed E-state index contributed by atoms with van der Waals surface area (Å²) in [6, 6.07) is 10.0. The van der Waals surface area contributed by atoms with Crippen molar-refractivity contribution in [1.82, 2.24) is 4.31 Å². The zero-order chi connectivity index (χ0) is 23.4. The first-order valence-corrected chi connectivity index (χ1v) is 11.9. The second-order valence-electron chi connectivity index (χ2n) is 6.74. The van der Waals surface area contributed by atoms with Crippen molar-refractivity contribution >= 4 is 33.4 Å². The van der Waals surface area contributed by atoms with Gasteiger partial charge in [-0.1, -0.05) is 12.1 Å². The number of halogens is 3. The number of carbonyl (C=O) groups excluding carboxylic acids is 1.